The lowest BCUT2D eigenvalue weighted by molar-refractivity contribution is 0.195. The summed E-state index contributed by atoms with van der Waals surface area (Å²) in [6.07, 6.45) is -0.353. The zero-order valence-electron chi connectivity index (χ0n) is 11.4. The number of thioether (sulfide) groups is 1. The summed E-state index contributed by atoms with van der Waals surface area (Å²) in [4.78, 5) is 1.17. The molecule has 0 saturated heterocycles. The summed E-state index contributed by atoms with van der Waals surface area (Å²) in [7, 11) is 0. The molecule has 2 nitrogen and oxygen atoms in total. The molecule has 0 fully saturated rings. The fraction of sp³-hybridized carbons (Fsp3) is 0.250. The molecule has 0 heterocycles. The molecule has 2 aromatic rings. The highest BCUT2D eigenvalue weighted by atomic mass is 79.9. The fourth-order valence-electron chi connectivity index (χ4n) is 1.77. The first kappa shape index (κ1) is 17.0. The average Bonchev–Trinajstić information content (AvgIpc) is 2.49. The van der Waals surface area contributed by atoms with E-state index in [1.54, 1.807) is 11.8 Å². The Morgan fingerprint density at radius 2 is 1.52 bits per heavy atom. The van der Waals surface area contributed by atoms with Crippen molar-refractivity contribution in [3.63, 3.8) is 0 Å². The summed E-state index contributed by atoms with van der Waals surface area (Å²) in [5.41, 5.74) is 1.21. The van der Waals surface area contributed by atoms with Crippen molar-refractivity contribution in [3.8, 4) is 0 Å². The smallest absolute Gasteiger partial charge is 0.0758 e. The third kappa shape index (κ3) is 6.53. The van der Waals surface area contributed by atoms with Crippen molar-refractivity contribution in [1.29, 1.82) is 0 Å². The molecule has 0 aromatic heterocycles. The Morgan fingerprint density at radius 3 is 2.14 bits per heavy atom. The Morgan fingerprint density at radius 1 is 0.952 bits per heavy atom. The zero-order valence-corrected chi connectivity index (χ0v) is 15.4. The van der Waals surface area contributed by atoms with Crippen LogP contribution >= 0.6 is 43.6 Å². The van der Waals surface area contributed by atoms with E-state index in [4.69, 9.17) is 0 Å². The standard InChI is InChI=1S/C16H17Br2NOS/c17-13-3-1-12(2-4-13)9-19-10-15(20)11-21-16-7-5-14(18)6-8-16/h1-8,15,19-20H,9-11H2. The first-order valence-corrected chi connectivity index (χ1v) is 9.22. The molecule has 2 aromatic carbocycles. The van der Waals surface area contributed by atoms with Crippen molar-refractivity contribution in [1.82, 2.24) is 5.32 Å². The van der Waals surface area contributed by atoms with Gasteiger partial charge in [-0.15, -0.1) is 11.8 Å². The van der Waals surface area contributed by atoms with Gasteiger partial charge in [-0.3, -0.25) is 0 Å². The Balaban J connectivity index is 1.66. The first-order chi connectivity index (χ1) is 10.1. The maximum Gasteiger partial charge on any atom is 0.0758 e. The number of hydrogen-bond acceptors (Lipinski definition) is 3. The lowest BCUT2D eigenvalue weighted by Gasteiger charge is -2.12. The van der Waals surface area contributed by atoms with E-state index in [0.717, 1.165) is 15.5 Å². The molecule has 2 N–H and O–H groups in total. The molecule has 0 saturated carbocycles. The lowest BCUT2D eigenvalue weighted by atomic mass is 10.2. The van der Waals surface area contributed by atoms with Gasteiger partial charge in [0.1, 0.15) is 0 Å². The molecule has 0 aliphatic heterocycles. The van der Waals surface area contributed by atoms with Gasteiger partial charge < -0.3 is 10.4 Å². The van der Waals surface area contributed by atoms with Gasteiger partial charge in [-0.05, 0) is 42.0 Å². The van der Waals surface area contributed by atoms with Gasteiger partial charge in [0.2, 0.25) is 0 Å². The number of rotatable bonds is 7. The van der Waals surface area contributed by atoms with E-state index in [9.17, 15) is 5.11 Å². The van der Waals surface area contributed by atoms with Crippen LogP contribution in [0.2, 0.25) is 0 Å². The molecule has 0 amide bonds. The number of hydrogen-bond donors (Lipinski definition) is 2. The second kappa shape index (κ2) is 8.96. The van der Waals surface area contributed by atoms with E-state index in [1.165, 1.54) is 10.5 Å². The minimum Gasteiger partial charge on any atom is -0.391 e. The molecule has 1 unspecified atom stereocenters. The van der Waals surface area contributed by atoms with E-state index in [1.807, 2.05) is 24.3 Å². The van der Waals surface area contributed by atoms with E-state index < -0.39 is 0 Å². The van der Waals surface area contributed by atoms with Crippen LogP contribution in [0, 0.1) is 0 Å². The molecule has 0 spiro atoms. The van der Waals surface area contributed by atoms with Crippen LogP contribution in [0.3, 0.4) is 0 Å². The Hall–Kier alpha value is -0.330. The van der Waals surface area contributed by atoms with Gasteiger partial charge in [-0.25, -0.2) is 0 Å². The molecule has 0 bridgehead atoms. The summed E-state index contributed by atoms with van der Waals surface area (Å²) in [5, 5.41) is 13.3. The fourth-order valence-corrected chi connectivity index (χ4v) is 3.13. The summed E-state index contributed by atoms with van der Waals surface area (Å²) in [6.45, 7) is 1.37. The molecule has 1 atom stereocenters. The van der Waals surface area contributed by atoms with Gasteiger partial charge in [0, 0.05) is 32.7 Å². The number of aliphatic hydroxyl groups is 1. The van der Waals surface area contributed by atoms with Crippen LogP contribution in [0.25, 0.3) is 0 Å². The molecular weight excluding hydrogens is 414 g/mol. The van der Waals surface area contributed by atoms with Crippen molar-refractivity contribution in [3.05, 3.63) is 63.0 Å². The van der Waals surface area contributed by atoms with Crippen LogP contribution in [0.1, 0.15) is 5.56 Å². The highest BCUT2D eigenvalue weighted by Crippen LogP contribution is 2.21. The van der Waals surface area contributed by atoms with Gasteiger partial charge in [0.25, 0.3) is 0 Å². The number of nitrogens with one attached hydrogen (secondary N) is 1. The Bertz CT molecular complexity index is 545. The van der Waals surface area contributed by atoms with E-state index in [0.29, 0.717) is 12.3 Å². The first-order valence-electron chi connectivity index (χ1n) is 6.65. The van der Waals surface area contributed by atoms with Crippen LogP contribution in [-0.4, -0.2) is 23.5 Å². The molecule has 21 heavy (non-hydrogen) atoms. The molecule has 5 heteroatoms. The SMILES string of the molecule is OC(CNCc1ccc(Br)cc1)CSc1ccc(Br)cc1. The minimum absolute atomic E-state index is 0.353. The monoisotopic (exact) mass is 429 g/mol. The van der Waals surface area contributed by atoms with Crippen molar-refractivity contribution in [2.24, 2.45) is 0 Å². The predicted octanol–water partition coefficient (Wildman–Crippen LogP) is 4.45. The largest absolute Gasteiger partial charge is 0.391 e. The van der Waals surface area contributed by atoms with Crippen molar-refractivity contribution in [2.45, 2.75) is 17.5 Å². The molecule has 2 rings (SSSR count). The lowest BCUT2D eigenvalue weighted by Crippen LogP contribution is -2.28. The van der Waals surface area contributed by atoms with Gasteiger partial charge in [-0.2, -0.15) is 0 Å². The number of benzene rings is 2. The zero-order chi connectivity index (χ0) is 15.1. The normalized spacial score (nSPS) is 12.3. The van der Waals surface area contributed by atoms with Crippen LogP contribution < -0.4 is 5.32 Å². The molecule has 0 aliphatic carbocycles. The molecule has 0 radical (unpaired) electrons. The van der Waals surface area contributed by atoms with Crippen molar-refractivity contribution in [2.75, 3.05) is 12.3 Å². The van der Waals surface area contributed by atoms with Crippen LogP contribution in [-0.2, 0) is 6.54 Å². The van der Waals surface area contributed by atoms with Gasteiger partial charge in [0.05, 0.1) is 6.10 Å². The van der Waals surface area contributed by atoms with Crippen molar-refractivity contribution < 1.29 is 5.11 Å². The van der Waals surface area contributed by atoms with Crippen LogP contribution in [0.15, 0.2) is 62.4 Å². The van der Waals surface area contributed by atoms with E-state index >= 15 is 0 Å². The topological polar surface area (TPSA) is 32.3 Å². The van der Waals surface area contributed by atoms with Crippen LogP contribution in [0.5, 0.6) is 0 Å². The number of halogens is 2. The summed E-state index contributed by atoms with van der Waals surface area (Å²) in [6, 6.07) is 16.3. The van der Waals surface area contributed by atoms with E-state index in [-0.39, 0.29) is 6.10 Å². The van der Waals surface area contributed by atoms with Gasteiger partial charge in [0.15, 0.2) is 0 Å². The van der Waals surface area contributed by atoms with Crippen molar-refractivity contribution >= 4 is 43.6 Å². The predicted molar refractivity (Wildman–Crippen MR) is 96.7 cm³/mol. The Labute approximate surface area is 146 Å². The highest BCUT2D eigenvalue weighted by molar-refractivity contribution is 9.10. The van der Waals surface area contributed by atoms with Gasteiger partial charge in [-0.1, -0.05) is 44.0 Å². The maximum absolute atomic E-state index is 9.99. The Kier molecular flexibility index (Phi) is 7.26. The third-order valence-electron chi connectivity index (χ3n) is 2.88. The molecular formula is C16H17Br2NOS. The second-order valence-corrected chi connectivity index (χ2v) is 7.60. The highest BCUT2D eigenvalue weighted by Gasteiger charge is 2.05. The number of aliphatic hydroxyl groups excluding tert-OH is 1. The molecule has 0 aliphatic rings. The second-order valence-electron chi connectivity index (χ2n) is 4.68. The van der Waals surface area contributed by atoms with Crippen LogP contribution in [0.4, 0.5) is 0 Å². The maximum atomic E-state index is 9.99. The molecule has 112 valence electrons. The summed E-state index contributed by atoms with van der Waals surface area (Å²) >= 11 is 8.50. The average molecular weight is 431 g/mol. The summed E-state index contributed by atoms with van der Waals surface area (Å²) in [5.74, 6) is 0.689. The quantitative estimate of drug-likeness (QED) is 0.636. The van der Waals surface area contributed by atoms with E-state index in [2.05, 4.69) is 61.4 Å². The minimum atomic E-state index is -0.353. The third-order valence-corrected chi connectivity index (χ3v) is 5.09. The summed E-state index contributed by atoms with van der Waals surface area (Å²) < 4.78 is 2.15. The van der Waals surface area contributed by atoms with Gasteiger partial charge >= 0.3 is 0 Å².